The number of unbranched alkanes of at least 4 members (excludes halogenated alkanes) is 1. The molecule has 1 radical (unpaired) electrons. The van der Waals surface area contributed by atoms with E-state index in [2.05, 4.69) is 6.92 Å². The van der Waals surface area contributed by atoms with Crippen LogP contribution in [0.2, 0.25) is 0 Å². The Balaban J connectivity index is 2.32. The van der Waals surface area contributed by atoms with E-state index in [0.29, 0.717) is 12.8 Å². The summed E-state index contributed by atoms with van der Waals surface area (Å²) in [6, 6.07) is 0. The minimum Gasteiger partial charge on any atom is -0.267 e. The first-order valence-electron chi connectivity index (χ1n) is 4.84. The molecular formula is C9H17O3S. The average molecular weight is 205 g/mol. The molecule has 4 heteroatoms. The summed E-state index contributed by atoms with van der Waals surface area (Å²) < 4.78 is 27.6. The fourth-order valence-corrected chi connectivity index (χ4v) is 2.78. The Morgan fingerprint density at radius 2 is 1.92 bits per heavy atom. The zero-order chi connectivity index (χ0) is 9.73. The highest BCUT2D eigenvalue weighted by Crippen LogP contribution is 2.22. The van der Waals surface area contributed by atoms with Crippen molar-refractivity contribution in [1.82, 2.24) is 0 Å². The van der Waals surface area contributed by atoms with E-state index in [1.54, 1.807) is 0 Å². The molecule has 3 nitrogen and oxygen atoms in total. The second-order valence-corrected chi connectivity index (χ2v) is 5.19. The van der Waals surface area contributed by atoms with Crippen LogP contribution >= 0.6 is 0 Å². The summed E-state index contributed by atoms with van der Waals surface area (Å²) in [4.78, 5) is 0. The van der Waals surface area contributed by atoms with Crippen molar-refractivity contribution in [3.05, 3.63) is 6.92 Å². The van der Waals surface area contributed by atoms with Crippen LogP contribution in [0.1, 0.15) is 38.5 Å². The monoisotopic (exact) mass is 205 g/mol. The quantitative estimate of drug-likeness (QED) is 0.644. The Labute approximate surface area is 80.6 Å². The van der Waals surface area contributed by atoms with E-state index in [1.807, 2.05) is 0 Å². The maximum absolute atomic E-state index is 11.3. The summed E-state index contributed by atoms with van der Waals surface area (Å²) >= 11 is 0. The Bertz CT molecular complexity index is 227. The van der Waals surface area contributed by atoms with E-state index in [0.717, 1.165) is 25.7 Å². The topological polar surface area (TPSA) is 43.4 Å². The molecule has 0 aromatic carbocycles. The van der Waals surface area contributed by atoms with Gasteiger partial charge in [0, 0.05) is 0 Å². The third-order valence-electron chi connectivity index (χ3n) is 2.23. The highest BCUT2D eigenvalue weighted by atomic mass is 32.2. The third-order valence-corrected chi connectivity index (χ3v) is 3.58. The molecule has 0 amide bonds. The summed E-state index contributed by atoms with van der Waals surface area (Å²) in [5, 5.41) is 0. The second-order valence-electron chi connectivity index (χ2n) is 3.47. The molecule has 0 aliphatic heterocycles. The molecule has 0 spiro atoms. The van der Waals surface area contributed by atoms with Crippen LogP contribution in [0.3, 0.4) is 0 Å². The predicted molar refractivity (Wildman–Crippen MR) is 51.7 cm³/mol. The highest BCUT2D eigenvalue weighted by Gasteiger charge is 2.22. The maximum atomic E-state index is 11.3. The first-order chi connectivity index (χ1) is 6.14. The lowest BCUT2D eigenvalue weighted by atomic mass is 10.3. The van der Waals surface area contributed by atoms with E-state index < -0.39 is 10.1 Å². The van der Waals surface area contributed by atoms with Crippen LogP contribution in [0.25, 0.3) is 0 Å². The van der Waals surface area contributed by atoms with Crippen LogP contribution in [0.5, 0.6) is 0 Å². The van der Waals surface area contributed by atoms with Gasteiger partial charge in [0.25, 0.3) is 10.1 Å². The molecule has 1 aliphatic carbocycles. The summed E-state index contributed by atoms with van der Waals surface area (Å²) in [7, 11) is -3.27. The van der Waals surface area contributed by atoms with Crippen molar-refractivity contribution in [1.29, 1.82) is 0 Å². The number of hydrogen-bond acceptors (Lipinski definition) is 3. The smallest absolute Gasteiger partial charge is 0.267 e. The van der Waals surface area contributed by atoms with Crippen molar-refractivity contribution in [2.24, 2.45) is 0 Å². The van der Waals surface area contributed by atoms with Crippen LogP contribution in [0, 0.1) is 6.92 Å². The van der Waals surface area contributed by atoms with E-state index in [9.17, 15) is 8.42 Å². The molecule has 0 unspecified atom stereocenters. The van der Waals surface area contributed by atoms with Crippen molar-refractivity contribution in [2.45, 2.75) is 44.6 Å². The van der Waals surface area contributed by atoms with Crippen molar-refractivity contribution >= 4 is 10.1 Å². The largest absolute Gasteiger partial charge is 0.267 e. The van der Waals surface area contributed by atoms with Crippen LogP contribution in [-0.2, 0) is 14.3 Å². The van der Waals surface area contributed by atoms with Gasteiger partial charge in [0.2, 0.25) is 0 Å². The van der Waals surface area contributed by atoms with Crippen LogP contribution in [-0.4, -0.2) is 20.3 Å². The van der Waals surface area contributed by atoms with E-state index in [4.69, 9.17) is 4.18 Å². The lowest BCUT2D eigenvalue weighted by Crippen LogP contribution is -2.17. The lowest BCUT2D eigenvalue weighted by molar-refractivity contribution is 0.217. The van der Waals surface area contributed by atoms with Crippen LogP contribution in [0.15, 0.2) is 0 Å². The molecule has 1 saturated carbocycles. The highest BCUT2D eigenvalue weighted by molar-refractivity contribution is 7.86. The molecule has 0 aromatic heterocycles. The Kier molecular flexibility index (Phi) is 4.19. The van der Waals surface area contributed by atoms with Gasteiger partial charge in [-0.2, -0.15) is 8.42 Å². The first kappa shape index (κ1) is 11.0. The molecule has 0 N–H and O–H groups in total. The van der Waals surface area contributed by atoms with Gasteiger partial charge in [0.1, 0.15) is 0 Å². The maximum Gasteiger partial charge on any atom is 0.267 e. The molecule has 0 heterocycles. The third kappa shape index (κ3) is 4.09. The first-order valence-corrected chi connectivity index (χ1v) is 6.42. The van der Waals surface area contributed by atoms with Gasteiger partial charge in [-0.1, -0.05) is 26.2 Å². The fraction of sp³-hybridized carbons (Fsp3) is 0.889. The molecule has 1 fully saturated rings. The van der Waals surface area contributed by atoms with Crippen molar-refractivity contribution in [3.63, 3.8) is 0 Å². The van der Waals surface area contributed by atoms with Crippen molar-refractivity contribution in [2.75, 3.05) is 5.75 Å². The predicted octanol–water partition coefficient (Wildman–Crippen LogP) is 1.89. The molecule has 0 aromatic rings. The van der Waals surface area contributed by atoms with E-state index >= 15 is 0 Å². The Morgan fingerprint density at radius 3 is 2.46 bits per heavy atom. The van der Waals surface area contributed by atoms with Crippen LogP contribution < -0.4 is 0 Å². The standard InChI is InChI=1S/C9H17O3S/c1-2-3-8-13(10,11)12-9-6-4-5-7-9/h9H,1-8H2. The second kappa shape index (κ2) is 4.96. The summed E-state index contributed by atoms with van der Waals surface area (Å²) in [6.45, 7) is 3.60. The zero-order valence-corrected chi connectivity index (χ0v) is 8.68. The molecule has 0 saturated heterocycles. The molecule has 77 valence electrons. The normalized spacial score (nSPS) is 19.5. The summed E-state index contributed by atoms with van der Waals surface area (Å²) in [5.41, 5.74) is 0. The van der Waals surface area contributed by atoms with Gasteiger partial charge in [0.05, 0.1) is 11.9 Å². The minimum atomic E-state index is -3.27. The van der Waals surface area contributed by atoms with Crippen molar-refractivity contribution < 1.29 is 12.6 Å². The summed E-state index contributed by atoms with van der Waals surface area (Å²) in [5.74, 6) is 0.118. The van der Waals surface area contributed by atoms with Gasteiger partial charge in [-0.15, -0.1) is 0 Å². The molecule has 1 rings (SSSR count). The Hall–Kier alpha value is -0.0900. The van der Waals surface area contributed by atoms with E-state index in [1.165, 1.54) is 0 Å². The number of hydrogen-bond donors (Lipinski definition) is 0. The fourth-order valence-electron chi connectivity index (χ4n) is 1.52. The minimum absolute atomic E-state index is 0.0465. The van der Waals surface area contributed by atoms with E-state index in [-0.39, 0.29) is 11.9 Å². The molecule has 1 aliphatic rings. The van der Waals surface area contributed by atoms with Gasteiger partial charge >= 0.3 is 0 Å². The number of rotatable bonds is 5. The molecule has 0 bridgehead atoms. The van der Waals surface area contributed by atoms with Gasteiger partial charge in [-0.25, -0.2) is 0 Å². The van der Waals surface area contributed by atoms with Gasteiger partial charge < -0.3 is 0 Å². The van der Waals surface area contributed by atoms with Gasteiger partial charge in [-0.3, -0.25) is 4.18 Å². The van der Waals surface area contributed by atoms with Gasteiger partial charge in [0.15, 0.2) is 0 Å². The van der Waals surface area contributed by atoms with Gasteiger partial charge in [-0.05, 0) is 19.3 Å². The van der Waals surface area contributed by atoms with Crippen molar-refractivity contribution in [3.8, 4) is 0 Å². The molecule has 0 atom stereocenters. The molecular weight excluding hydrogens is 188 g/mol. The average Bonchev–Trinajstić information content (AvgIpc) is 2.52. The van der Waals surface area contributed by atoms with Crippen LogP contribution in [0.4, 0.5) is 0 Å². The zero-order valence-electron chi connectivity index (χ0n) is 7.87. The molecule has 13 heavy (non-hydrogen) atoms. The lowest BCUT2D eigenvalue weighted by Gasteiger charge is -2.10. The Morgan fingerprint density at radius 1 is 1.31 bits per heavy atom. The SMILES string of the molecule is [CH2]CCCS(=O)(=O)OC1CCCC1. The summed E-state index contributed by atoms with van der Waals surface area (Å²) in [6.07, 6.45) is 5.16.